The number of aliphatic hydroxyl groups is 2. The van der Waals surface area contributed by atoms with Crippen LogP contribution in [0.1, 0.15) is 43.4 Å². The Morgan fingerprint density at radius 3 is 2.71 bits per heavy atom. The molecule has 5 nitrogen and oxygen atoms in total. The fourth-order valence-corrected chi connectivity index (χ4v) is 2.26. The summed E-state index contributed by atoms with van der Waals surface area (Å²) in [6.07, 6.45) is -1.05. The maximum absolute atomic E-state index is 13.5. The third-order valence-electron chi connectivity index (χ3n) is 3.71. The lowest BCUT2D eigenvalue weighted by molar-refractivity contribution is -0.0398. The Morgan fingerprint density at radius 2 is 2.04 bits per heavy atom. The normalized spacial score (nSPS) is 13.2. The van der Waals surface area contributed by atoms with E-state index >= 15 is 0 Å². The standard InChI is InChI=1S/C17H27F2NO4/c1-2-24-9-7-17(18,19)6-3-8-20-11-16(23)13-4-5-15(22)14(10-13)12-21/h4-5,10,16,20-23H,2-3,6-9,11-12H2,1H3. The number of hydrogen-bond donors (Lipinski definition) is 4. The lowest BCUT2D eigenvalue weighted by atomic mass is 10.1. The number of phenols is 1. The van der Waals surface area contributed by atoms with E-state index in [9.17, 15) is 19.0 Å². The van der Waals surface area contributed by atoms with Gasteiger partial charge in [-0.1, -0.05) is 6.07 Å². The topological polar surface area (TPSA) is 82.0 Å². The molecule has 0 amide bonds. The van der Waals surface area contributed by atoms with Crippen molar-refractivity contribution in [2.24, 2.45) is 0 Å². The van der Waals surface area contributed by atoms with Gasteiger partial charge in [-0.2, -0.15) is 0 Å². The van der Waals surface area contributed by atoms with Crippen molar-refractivity contribution in [1.82, 2.24) is 5.32 Å². The first kappa shape index (κ1) is 20.8. The number of nitrogens with one attached hydrogen (secondary N) is 1. The Balaban J connectivity index is 2.27. The van der Waals surface area contributed by atoms with Crippen molar-refractivity contribution < 1.29 is 28.8 Å². The van der Waals surface area contributed by atoms with E-state index in [1.807, 2.05) is 0 Å². The zero-order chi connectivity index (χ0) is 18.0. The third-order valence-corrected chi connectivity index (χ3v) is 3.71. The molecule has 0 aromatic heterocycles. The lowest BCUT2D eigenvalue weighted by Crippen LogP contribution is -2.25. The highest BCUT2D eigenvalue weighted by atomic mass is 19.3. The molecule has 1 aromatic rings. The number of benzene rings is 1. The molecule has 0 saturated heterocycles. The van der Waals surface area contributed by atoms with Crippen LogP contribution in [0.25, 0.3) is 0 Å². The number of rotatable bonds is 12. The van der Waals surface area contributed by atoms with Crippen LogP contribution in [-0.2, 0) is 11.3 Å². The highest BCUT2D eigenvalue weighted by molar-refractivity contribution is 5.36. The van der Waals surface area contributed by atoms with Gasteiger partial charge in [0.25, 0.3) is 0 Å². The van der Waals surface area contributed by atoms with Crippen LogP contribution in [-0.4, -0.2) is 47.5 Å². The Bertz CT molecular complexity index is 486. The first-order valence-electron chi connectivity index (χ1n) is 8.16. The fraction of sp³-hybridized carbons (Fsp3) is 0.647. The van der Waals surface area contributed by atoms with Crippen LogP contribution in [0, 0.1) is 0 Å². The van der Waals surface area contributed by atoms with E-state index in [4.69, 9.17) is 9.84 Å². The van der Waals surface area contributed by atoms with Gasteiger partial charge in [-0.3, -0.25) is 0 Å². The predicted molar refractivity (Wildman–Crippen MR) is 87.2 cm³/mol. The van der Waals surface area contributed by atoms with E-state index in [0.717, 1.165) is 0 Å². The van der Waals surface area contributed by atoms with Gasteiger partial charge in [0.2, 0.25) is 5.92 Å². The second-order valence-electron chi connectivity index (χ2n) is 5.67. The smallest absolute Gasteiger partial charge is 0.250 e. The molecule has 0 radical (unpaired) electrons. The number of ether oxygens (including phenoxy) is 1. The lowest BCUT2D eigenvalue weighted by Gasteiger charge is -2.17. The molecule has 0 bridgehead atoms. The van der Waals surface area contributed by atoms with Crippen LogP contribution in [0.2, 0.25) is 0 Å². The van der Waals surface area contributed by atoms with E-state index in [-0.39, 0.29) is 38.3 Å². The monoisotopic (exact) mass is 347 g/mol. The Labute approximate surface area is 141 Å². The second kappa shape index (κ2) is 10.6. The zero-order valence-corrected chi connectivity index (χ0v) is 14.0. The van der Waals surface area contributed by atoms with E-state index in [0.29, 0.717) is 30.7 Å². The van der Waals surface area contributed by atoms with Crippen LogP contribution in [0.15, 0.2) is 18.2 Å². The minimum absolute atomic E-state index is 0.0318. The van der Waals surface area contributed by atoms with Gasteiger partial charge in [0.15, 0.2) is 0 Å². The van der Waals surface area contributed by atoms with E-state index in [2.05, 4.69) is 5.32 Å². The Hall–Kier alpha value is -1.28. The van der Waals surface area contributed by atoms with Crippen molar-refractivity contribution in [3.8, 4) is 5.75 Å². The minimum Gasteiger partial charge on any atom is -0.508 e. The minimum atomic E-state index is -2.73. The summed E-state index contributed by atoms with van der Waals surface area (Å²) in [5, 5.41) is 31.5. The van der Waals surface area contributed by atoms with Crippen molar-refractivity contribution in [3.63, 3.8) is 0 Å². The van der Waals surface area contributed by atoms with Crippen LogP contribution < -0.4 is 5.32 Å². The molecule has 0 heterocycles. The summed E-state index contributed by atoms with van der Waals surface area (Å²) in [5.74, 6) is -2.77. The van der Waals surface area contributed by atoms with Crippen molar-refractivity contribution in [1.29, 1.82) is 0 Å². The van der Waals surface area contributed by atoms with Crippen LogP contribution in [0.4, 0.5) is 8.78 Å². The Morgan fingerprint density at radius 1 is 1.29 bits per heavy atom. The van der Waals surface area contributed by atoms with Crippen molar-refractivity contribution in [2.45, 2.75) is 44.8 Å². The Kier molecular flexibility index (Phi) is 9.13. The van der Waals surface area contributed by atoms with Gasteiger partial charge in [0.05, 0.1) is 19.3 Å². The molecule has 0 aliphatic heterocycles. The molecule has 24 heavy (non-hydrogen) atoms. The number of alkyl halides is 2. The highest BCUT2D eigenvalue weighted by Crippen LogP contribution is 2.24. The summed E-state index contributed by atoms with van der Waals surface area (Å²) in [5.41, 5.74) is 0.881. The predicted octanol–water partition coefficient (Wildman–Crippen LogP) is 2.35. The fourth-order valence-electron chi connectivity index (χ4n) is 2.26. The molecule has 0 aliphatic carbocycles. The number of hydrogen-bond acceptors (Lipinski definition) is 5. The molecule has 138 valence electrons. The largest absolute Gasteiger partial charge is 0.508 e. The SMILES string of the molecule is CCOCCC(F)(F)CCCNCC(O)c1ccc(O)c(CO)c1. The molecule has 1 unspecified atom stereocenters. The first-order valence-corrected chi connectivity index (χ1v) is 8.16. The van der Waals surface area contributed by atoms with Crippen molar-refractivity contribution in [3.05, 3.63) is 29.3 Å². The average molecular weight is 347 g/mol. The molecular weight excluding hydrogens is 320 g/mol. The summed E-state index contributed by atoms with van der Waals surface area (Å²) in [4.78, 5) is 0. The van der Waals surface area contributed by atoms with E-state index in [1.54, 1.807) is 13.0 Å². The van der Waals surface area contributed by atoms with Gasteiger partial charge in [-0.05, 0) is 37.6 Å². The molecule has 4 N–H and O–H groups in total. The summed E-state index contributed by atoms with van der Waals surface area (Å²) >= 11 is 0. The molecule has 0 aliphatic rings. The molecule has 0 fully saturated rings. The zero-order valence-electron chi connectivity index (χ0n) is 14.0. The first-order chi connectivity index (χ1) is 11.4. The molecular formula is C17H27F2NO4. The van der Waals surface area contributed by atoms with Gasteiger partial charge in [-0.15, -0.1) is 0 Å². The summed E-state index contributed by atoms with van der Waals surface area (Å²) in [6, 6.07) is 4.48. The molecule has 0 saturated carbocycles. The average Bonchev–Trinajstić information content (AvgIpc) is 2.54. The van der Waals surface area contributed by atoms with Gasteiger partial charge in [0, 0.05) is 31.6 Å². The quantitative estimate of drug-likeness (QED) is 0.436. The molecule has 1 aromatic carbocycles. The molecule has 1 atom stereocenters. The molecule has 7 heteroatoms. The number of aliphatic hydroxyl groups excluding tert-OH is 2. The maximum atomic E-state index is 13.5. The van der Waals surface area contributed by atoms with Crippen LogP contribution >= 0.6 is 0 Å². The van der Waals surface area contributed by atoms with E-state index in [1.165, 1.54) is 12.1 Å². The number of aromatic hydroxyl groups is 1. The second-order valence-corrected chi connectivity index (χ2v) is 5.67. The van der Waals surface area contributed by atoms with E-state index < -0.39 is 12.0 Å². The van der Waals surface area contributed by atoms with Gasteiger partial charge >= 0.3 is 0 Å². The van der Waals surface area contributed by atoms with Crippen LogP contribution in [0.3, 0.4) is 0 Å². The van der Waals surface area contributed by atoms with Crippen molar-refractivity contribution in [2.75, 3.05) is 26.3 Å². The summed E-state index contributed by atoms with van der Waals surface area (Å²) < 4.78 is 32.0. The third kappa shape index (κ3) is 7.53. The summed E-state index contributed by atoms with van der Waals surface area (Å²) in [6.45, 7) is 2.52. The van der Waals surface area contributed by atoms with Gasteiger partial charge in [-0.25, -0.2) is 8.78 Å². The van der Waals surface area contributed by atoms with Crippen molar-refractivity contribution >= 4 is 0 Å². The number of halogens is 2. The van der Waals surface area contributed by atoms with Crippen LogP contribution in [0.5, 0.6) is 5.75 Å². The highest BCUT2D eigenvalue weighted by Gasteiger charge is 2.27. The van der Waals surface area contributed by atoms with Gasteiger partial charge in [0.1, 0.15) is 5.75 Å². The maximum Gasteiger partial charge on any atom is 0.250 e. The van der Waals surface area contributed by atoms with Gasteiger partial charge < -0.3 is 25.4 Å². The summed E-state index contributed by atoms with van der Waals surface area (Å²) in [7, 11) is 0. The molecule has 1 rings (SSSR count). The molecule has 0 spiro atoms.